The Hall–Kier alpha value is -1.04. The molecule has 2 heterocycles. The van der Waals surface area contributed by atoms with Crippen LogP contribution in [0.3, 0.4) is 0 Å². The van der Waals surface area contributed by atoms with Gasteiger partial charge in [-0.05, 0) is 44.7 Å². The highest BCUT2D eigenvalue weighted by Gasteiger charge is 2.42. The van der Waals surface area contributed by atoms with Gasteiger partial charge in [0.2, 0.25) is 11.8 Å². The number of hydrogen-bond acceptors (Lipinski definition) is 4. The highest BCUT2D eigenvalue weighted by Crippen LogP contribution is 2.42. The predicted octanol–water partition coefficient (Wildman–Crippen LogP) is 3.64. The molecule has 1 aromatic rings. The zero-order valence-electron chi connectivity index (χ0n) is 13.4. The van der Waals surface area contributed by atoms with E-state index in [-0.39, 0.29) is 24.2 Å². The lowest BCUT2D eigenvalue weighted by Gasteiger charge is -2.38. The average Bonchev–Trinajstić information content (AvgIpc) is 2.98. The minimum absolute atomic E-state index is 0.00759. The molecule has 0 amide bonds. The Morgan fingerprint density at radius 3 is 2.36 bits per heavy atom. The summed E-state index contributed by atoms with van der Waals surface area (Å²) in [6.45, 7) is 6.31. The molecule has 4 nitrogen and oxygen atoms in total. The number of nitrogens with one attached hydrogen (secondary N) is 1. The van der Waals surface area contributed by atoms with E-state index in [9.17, 15) is 8.78 Å². The van der Waals surface area contributed by atoms with Gasteiger partial charge in [-0.3, -0.25) is 0 Å². The molecule has 124 valence electrons. The van der Waals surface area contributed by atoms with Gasteiger partial charge >= 0.3 is 0 Å². The summed E-state index contributed by atoms with van der Waals surface area (Å²) in [7, 11) is 0. The van der Waals surface area contributed by atoms with Crippen LogP contribution in [-0.2, 0) is 5.41 Å². The number of nitrogens with zero attached hydrogens (tertiary/aromatic N) is 2. The Labute approximate surface area is 130 Å². The number of rotatable bonds is 3. The van der Waals surface area contributed by atoms with E-state index in [4.69, 9.17) is 4.52 Å². The Morgan fingerprint density at radius 1 is 1.14 bits per heavy atom. The van der Waals surface area contributed by atoms with Crippen molar-refractivity contribution in [1.29, 1.82) is 0 Å². The van der Waals surface area contributed by atoms with Crippen molar-refractivity contribution >= 4 is 0 Å². The van der Waals surface area contributed by atoms with Gasteiger partial charge in [0.15, 0.2) is 5.82 Å². The zero-order chi connectivity index (χ0) is 15.8. The highest BCUT2D eigenvalue weighted by molar-refractivity contribution is 5.12. The summed E-state index contributed by atoms with van der Waals surface area (Å²) >= 11 is 0. The summed E-state index contributed by atoms with van der Waals surface area (Å²) in [6.07, 6.45) is 2.71. The summed E-state index contributed by atoms with van der Waals surface area (Å²) < 4.78 is 32.0. The number of hydrogen-bond donors (Lipinski definition) is 1. The molecular weight excluding hydrogens is 288 g/mol. The second-order valence-electron chi connectivity index (χ2n) is 7.15. The minimum atomic E-state index is -2.52. The topological polar surface area (TPSA) is 51.0 Å². The number of aromatic nitrogens is 2. The number of piperidine rings is 1. The third kappa shape index (κ3) is 2.90. The second kappa shape index (κ2) is 5.87. The molecule has 2 fully saturated rings. The van der Waals surface area contributed by atoms with Crippen molar-refractivity contribution in [3.63, 3.8) is 0 Å². The fourth-order valence-electron chi connectivity index (χ4n) is 3.82. The lowest BCUT2D eigenvalue weighted by molar-refractivity contribution is -0.0402. The molecule has 1 N–H and O–H groups in total. The average molecular weight is 313 g/mol. The molecule has 0 spiro atoms. The van der Waals surface area contributed by atoms with E-state index in [0.717, 1.165) is 31.8 Å². The van der Waals surface area contributed by atoms with Crippen molar-refractivity contribution in [2.45, 2.75) is 69.6 Å². The van der Waals surface area contributed by atoms with Crippen molar-refractivity contribution in [1.82, 2.24) is 15.5 Å². The summed E-state index contributed by atoms with van der Waals surface area (Å²) in [4.78, 5) is 4.65. The maximum absolute atomic E-state index is 13.3. The fraction of sp³-hybridized carbons (Fsp3) is 0.875. The molecule has 1 saturated carbocycles. The quantitative estimate of drug-likeness (QED) is 0.925. The first-order valence-corrected chi connectivity index (χ1v) is 8.36. The van der Waals surface area contributed by atoms with Crippen LogP contribution in [0, 0.1) is 5.92 Å². The molecule has 0 bridgehead atoms. The lowest BCUT2D eigenvalue weighted by Crippen LogP contribution is -2.44. The van der Waals surface area contributed by atoms with Crippen molar-refractivity contribution in [3.05, 3.63) is 11.7 Å². The van der Waals surface area contributed by atoms with Gasteiger partial charge in [-0.25, -0.2) is 8.78 Å². The van der Waals surface area contributed by atoms with Crippen molar-refractivity contribution in [3.8, 4) is 0 Å². The van der Waals surface area contributed by atoms with Crippen LogP contribution < -0.4 is 5.32 Å². The first kappa shape index (κ1) is 15.8. The summed E-state index contributed by atoms with van der Waals surface area (Å²) in [5.74, 6) is -0.768. The van der Waals surface area contributed by atoms with Crippen molar-refractivity contribution in [2.75, 3.05) is 13.1 Å². The van der Waals surface area contributed by atoms with E-state index in [1.165, 1.54) is 0 Å². The van der Waals surface area contributed by atoms with E-state index >= 15 is 0 Å². The van der Waals surface area contributed by atoms with Gasteiger partial charge in [-0.15, -0.1) is 0 Å². The second-order valence-corrected chi connectivity index (χ2v) is 7.15. The van der Waals surface area contributed by atoms with E-state index < -0.39 is 5.92 Å². The van der Waals surface area contributed by atoms with E-state index in [0.29, 0.717) is 24.7 Å². The van der Waals surface area contributed by atoms with Gasteiger partial charge < -0.3 is 9.84 Å². The predicted molar refractivity (Wildman–Crippen MR) is 79.1 cm³/mol. The lowest BCUT2D eigenvalue weighted by atomic mass is 9.70. The summed E-state index contributed by atoms with van der Waals surface area (Å²) in [6, 6.07) is 0. The van der Waals surface area contributed by atoms with Crippen LogP contribution in [0.1, 0.15) is 70.0 Å². The fourth-order valence-corrected chi connectivity index (χ4v) is 3.82. The Morgan fingerprint density at radius 2 is 1.77 bits per heavy atom. The SMILES string of the molecule is CC(C)C1(c2noc(C3CCC(F)(F)CC3)n2)CCNCC1. The van der Waals surface area contributed by atoms with Crippen LogP contribution in [0.15, 0.2) is 4.52 Å². The minimum Gasteiger partial charge on any atom is -0.339 e. The molecule has 1 aliphatic heterocycles. The Kier molecular flexibility index (Phi) is 4.23. The van der Waals surface area contributed by atoms with E-state index in [1.54, 1.807) is 0 Å². The molecule has 2 aliphatic rings. The molecule has 0 unspecified atom stereocenters. The van der Waals surface area contributed by atoms with Crippen LogP contribution in [0.25, 0.3) is 0 Å². The molecule has 22 heavy (non-hydrogen) atoms. The van der Waals surface area contributed by atoms with Crippen LogP contribution in [0.5, 0.6) is 0 Å². The molecule has 6 heteroatoms. The number of halogens is 2. The third-order valence-corrected chi connectivity index (χ3v) is 5.55. The summed E-state index contributed by atoms with van der Waals surface area (Å²) in [5.41, 5.74) is -0.0500. The molecule has 0 atom stereocenters. The van der Waals surface area contributed by atoms with Gasteiger partial charge in [-0.1, -0.05) is 19.0 Å². The van der Waals surface area contributed by atoms with Crippen LogP contribution in [0.2, 0.25) is 0 Å². The van der Waals surface area contributed by atoms with Gasteiger partial charge in [0, 0.05) is 24.2 Å². The number of alkyl halides is 2. The van der Waals surface area contributed by atoms with Gasteiger partial charge in [0.25, 0.3) is 0 Å². The van der Waals surface area contributed by atoms with E-state index in [1.807, 2.05) is 0 Å². The van der Waals surface area contributed by atoms with Crippen LogP contribution in [0.4, 0.5) is 8.78 Å². The Balaban J connectivity index is 1.78. The van der Waals surface area contributed by atoms with Crippen LogP contribution >= 0.6 is 0 Å². The highest BCUT2D eigenvalue weighted by atomic mass is 19.3. The molecular formula is C16H25F2N3O. The smallest absolute Gasteiger partial charge is 0.248 e. The normalized spacial score (nSPS) is 25.5. The molecule has 1 saturated heterocycles. The molecule has 1 aromatic heterocycles. The largest absolute Gasteiger partial charge is 0.339 e. The monoisotopic (exact) mass is 313 g/mol. The first-order valence-electron chi connectivity index (χ1n) is 8.36. The molecule has 3 rings (SSSR count). The maximum Gasteiger partial charge on any atom is 0.248 e. The zero-order valence-corrected chi connectivity index (χ0v) is 13.4. The van der Waals surface area contributed by atoms with Gasteiger partial charge in [0.05, 0.1) is 0 Å². The molecule has 0 aromatic carbocycles. The molecule has 0 radical (unpaired) electrons. The van der Waals surface area contributed by atoms with Crippen LogP contribution in [-0.4, -0.2) is 29.2 Å². The van der Waals surface area contributed by atoms with Gasteiger partial charge in [-0.2, -0.15) is 4.98 Å². The third-order valence-electron chi connectivity index (χ3n) is 5.55. The Bertz CT molecular complexity index is 499. The maximum atomic E-state index is 13.3. The molecule has 1 aliphatic carbocycles. The van der Waals surface area contributed by atoms with E-state index in [2.05, 4.69) is 29.3 Å². The standard InChI is InChI=1S/C16H25F2N3O/c1-11(2)15(7-9-19-10-8-15)14-20-13(22-21-14)12-3-5-16(17,18)6-4-12/h11-12,19H,3-10H2,1-2H3. The summed E-state index contributed by atoms with van der Waals surface area (Å²) in [5, 5.41) is 7.62. The van der Waals surface area contributed by atoms with Crippen molar-refractivity contribution < 1.29 is 13.3 Å². The first-order chi connectivity index (χ1) is 10.4. The van der Waals surface area contributed by atoms with Crippen molar-refractivity contribution in [2.24, 2.45) is 5.92 Å². The van der Waals surface area contributed by atoms with Gasteiger partial charge in [0.1, 0.15) is 0 Å².